The summed E-state index contributed by atoms with van der Waals surface area (Å²) < 4.78 is 5.09. The van der Waals surface area contributed by atoms with Crippen molar-refractivity contribution in [3.8, 4) is 5.88 Å². The van der Waals surface area contributed by atoms with Crippen molar-refractivity contribution in [1.82, 2.24) is 10.3 Å². The normalized spacial score (nSPS) is 10.5. The number of rotatable bonds is 5. The smallest absolute Gasteiger partial charge is 0.213 e. The molecular weight excluding hydrogens is 232 g/mol. The first kappa shape index (κ1) is 12.1. The van der Waals surface area contributed by atoms with E-state index < -0.39 is 0 Å². The van der Waals surface area contributed by atoms with E-state index in [1.807, 2.05) is 23.5 Å². The summed E-state index contributed by atoms with van der Waals surface area (Å²) in [5, 5.41) is 3.41. The molecule has 0 radical (unpaired) electrons. The third-order valence-corrected chi connectivity index (χ3v) is 3.43. The van der Waals surface area contributed by atoms with Crippen LogP contribution in [0.1, 0.15) is 15.3 Å². The van der Waals surface area contributed by atoms with Crippen molar-refractivity contribution in [3.05, 3.63) is 45.8 Å². The quantitative estimate of drug-likeness (QED) is 0.883. The lowest BCUT2D eigenvalue weighted by Crippen LogP contribution is -2.11. The topological polar surface area (TPSA) is 34.1 Å². The predicted molar refractivity (Wildman–Crippen MR) is 70.4 cm³/mol. The lowest BCUT2D eigenvalue weighted by molar-refractivity contribution is 0.397. The lowest BCUT2D eigenvalue weighted by atomic mass is 10.2. The van der Waals surface area contributed by atoms with Crippen LogP contribution in [0.25, 0.3) is 0 Å². The number of nitrogens with zero attached hydrogens (tertiary/aromatic N) is 1. The molecule has 0 fully saturated rings. The third kappa shape index (κ3) is 3.54. The fourth-order valence-electron chi connectivity index (χ4n) is 1.58. The van der Waals surface area contributed by atoms with E-state index in [9.17, 15) is 0 Å². The molecule has 2 rings (SSSR count). The molecule has 0 unspecified atom stereocenters. The maximum absolute atomic E-state index is 5.09. The Labute approximate surface area is 105 Å². The predicted octanol–water partition coefficient (Wildman–Crippen LogP) is 2.75. The molecule has 4 heteroatoms. The number of aryl methyl sites for hydroxylation is 1. The van der Waals surface area contributed by atoms with Gasteiger partial charge in [0.25, 0.3) is 0 Å². The van der Waals surface area contributed by atoms with Crippen molar-refractivity contribution in [2.24, 2.45) is 0 Å². The highest BCUT2D eigenvalue weighted by atomic mass is 32.1. The monoisotopic (exact) mass is 248 g/mol. The van der Waals surface area contributed by atoms with E-state index in [-0.39, 0.29) is 0 Å². The minimum atomic E-state index is 0.663. The van der Waals surface area contributed by atoms with E-state index in [0.717, 1.165) is 13.1 Å². The molecule has 0 aliphatic rings. The van der Waals surface area contributed by atoms with Gasteiger partial charge >= 0.3 is 0 Å². The zero-order valence-electron chi connectivity index (χ0n) is 10.1. The molecule has 2 aromatic rings. The number of aromatic nitrogens is 1. The number of ether oxygens (including phenoxy) is 1. The second-order valence-electron chi connectivity index (χ2n) is 3.82. The van der Waals surface area contributed by atoms with Crippen molar-refractivity contribution < 1.29 is 4.74 Å². The average Bonchev–Trinajstić information content (AvgIpc) is 2.75. The molecule has 0 spiro atoms. The summed E-state index contributed by atoms with van der Waals surface area (Å²) in [5.74, 6) is 0.663. The molecule has 2 heterocycles. The van der Waals surface area contributed by atoms with E-state index in [1.165, 1.54) is 15.3 Å². The number of pyridine rings is 1. The summed E-state index contributed by atoms with van der Waals surface area (Å²) in [6.45, 7) is 3.86. The van der Waals surface area contributed by atoms with Crippen LogP contribution in [0.15, 0.2) is 30.5 Å². The van der Waals surface area contributed by atoms with Gasteiger partial charge in [0.15, 0.2) is 0 Å². The summed E-state index contributed by atoms with van der Waals surface area (Å²) in [6.07, 6.45) is 1.77. The molecular formula is C13H16N2OS. The van der Waals surface area contributed by atoms with Crippen molar-refractivity contribution in [1.29, 1.82) is 0 Å². The Hall–Kier alpha value is -1.39. The van der Waals surface area contributed by atoms with Gasteiger partial charge in [-0.15, -0.1) is 11.3 Å². The highest BCUT2D eigenvalue weighted by Gasteiger charge is 1.98. The van der Waals surface area contributed by atoms with Crippen LogP contribution in [-0.2, 0) is 13.1 Å². The minimum Gasteiger partial charge on any atom is -0.481 e. The van der Waals surface area contributed by atoms with Gasteiger partial charge in [0.2, 0.25) is 5.88 Å². The first-order chi connectivity index (χ1) is 8.28. The second-order valence-corrected chi connectivity index (χ2v) is 5.19. The Morgan fingerprint density at radius 3 is 2.88 bits per heavy atom. The number of methoxy groups -OCH3 is 1. The van der Waals surface area contributed by atoms with Crippen molar-refractivity contribution in [3.63, 3.8) is 0 Å². The SMILES string of the molecule is COc1cc(CNCc2ccc(C)s2)ccn1. The van der Waals surface area contributed by atoms with Gasteiger partial charge in [-0.2, -0.15) is 0 Å². The summed E-state index contributed by atoms with van der Waals surface area (Å²) in [4.78, 5) is 6.80. The Morgan fingerprint density at radius 2 is 2.18 bits per heavy atom. The second kappa shape index (κ2) is 5.80. The highest BCUT2D eigenvalue weighted by Crippen LogP contribution is 2.15. The Kier molecular flexibility index (Phi) is 4.12. The van der Waals surface area contributed by atoms with Gasteiger partial charge in [-0.05, 0) is 30.7 Å². The highest BCUT2D eigenvalue weighted by molar-refractivity contribution is 7.11. The van der Waals surface area contributed by atoms with Gasteiger partial charge < -0.3 is 10.1 Å². The van der Waals surface area contributed by atoms with E-state index in [0.29, 0.717) is 5.88 Å². The van der Waals surface area contributed by atoms with Crippen LogP contribution in [-0.4, -0.2) is 12.1 Å². The molecule has 0 bridgehead atoms. The Morgan fingerprint density at radius 1 is 1.29 bits per heavy atom. The van der Waals surface area contributed by atoms with Crippen LogP contribution in [0.4, 0.5) is 0 Å². The molecule has 1 N–H and O–H groups in total. The van der Waals surface area contributed by atoms with E-state index in [1.54, 1.807) is 13.3 Å². The Bertz CT molecular complexity index is 482. The summed E-state index contributed by atoms with van der Waals surface area (Å²) in [7, 11) is 1.63. The van der Waals surface area contributed by atoms with Gasteiger partial charge in [-0.25, -0.2) is 4.98 Å². The molecule has 0 saturated carbocycles. The molecule has 0 aliphatic carbocycles. The van der Waals surface area contributed by atoms with Crippen molar-refractivity contribution in [2.45, 2.75) is 20.0 Å². The summed E-state index contributed by atoms with van der Waals surface area (Å²) in [6, 6.07) is 8.26. The number of nitrogens with one attached hydrogen (secondary N) is 1. The van der Waals surface area contributed by atoms with Crippen LogP contribution in [0.3, 0.4) is 0 Å². The molecule has 3 nitrogen and oxygen atoms in total. The standard InChI is InChI=1S/C13H16N2OS/c1-10-3-4-12(17-10)9-14-8-11-5-6-15-13(7-11)16-2/h3-7,14H,8-9H2,1-2H3. The summed E-state index contributed by atoms with van der Waals surface area (Å²) >= 11 is 1.83. The zero-order chi connectivity index (χ0) is 12.1. The number of thiophene rings is 1. The molecule has 0 aliphatic heterocycles. The third-order valence-electron chi connectivity index (χ3n) is 2.43. The van der Waals surface area contributed by atoms with E-state index in [2.05, 4.69) is 29.4 Å². The number of hydrogen-bond donors (Lipinski definition) is 1. The lowest BCUT2D eigenvalue weighted by Gasteiger charge is -2.04. The van der Waals surface area contributed by atoms with Crippen LogP contribution >= 0.6 is 11.3 Å². The molecule has 90 valence electrons. The van der Waals surface area contributed by atoms with Crippen LogP contribution in [0.5, 0.6) is 5.88 Å². The van der Waals surface area contributed by atoms with E-state index >= 15 is 0 Å². The fourth-order valence-corrected chi connectivity index (χ4v) is 2.44. The maximum Gasteiger partial charge on any atom is 0.213 e. The van der Waals surface area contributed by atoms with Crippen LogP contribution in [0.2, 0.25) is 0 Å². The van der Waals surface area contributed by atoms with Crippen LogP contribution in [0, 0.1) is 6.92 Å². The summed E-state index contributed by atoms with van der Waals surface area (Å²) in [5.41, 5.74) is 1.19. The maximum atomic E-state index is 5.09. The minimum absolute atomic E-state index is 0.663. The van der Waals surface area contributed by atoms with Gasteiger partial charge in [0, 0.05) is 35.1 Å². The average molecular weight is 248 g/mol. The van der Waals surface area contributed by atoms with Gasteiger partial charge in [0.1, 0.15) is 0 Å². The van der Waals surface area contributed by atoms with Crippen molar-refractivity contribution >= 4 is 11.3 Å². The number of hydrogen-bond acceptors (Lipinski definition) is 4. The molecule has 0 atom stereocenters. The molecule has 2 aromatic heterocycles. The molecule has 0 saturated heterocycles. The van der Waals surface area contributed by atoms with Gasteiger partial charge in [-0.1, -0.05) is 0 Å². The van der Waals surface area contributed by atoms with E-state index in [4.69, 9.17) is 4.74 Å². The molecule has 17 heavy (non-hydrogen) atoms. The largest absolute Gasteiger partial charge is 0.481 e. The first-order valence-electron chi connectivity index (χ1n) is 5.53. The fraction of sp³-hybridized carbons (Fsp3) is 0.308. The molecule has 0 amide bonds. The van der Waals surface area contributed by atoms with Crippen LogP contribution < -0.4 is 10.1 Å². The van der Waals surface area contributed by atoms with Gasteiger partial charge in [-0.3, -0.25) is 0 Å². The van der Waals surface area contributed by atoms with Crippen molar-refractivity contribution in [2.75, 3.05) is 7.11 Å². The zero-order valence-corrected chi connectivity index (χ0v) is 10.9. The molecule has 0 aromatic carbocycles. The first-order valence-corrected chi connectivity index (χ1v) is 6.34. The van der Waals surface area contributed by atoms with Gasteiger partial charge in [0.05, 0.1) is 7.11 Å². The Balaban J connectivity index is 1.85.